The number of thioether (sulfide) groups is 1. The van der Waals surface area contributed by atoms with Crippen molar-refractivity contribution in [2.45, 2.75) is 35.4 Å². The van der Waals surface area contributed by atoms with Crippen molar-refractivity contribution in [2.75, 3.05) is 24.7 Å². The van der Waals surface area contributed by atoms with Gasteiger partial charge in [-0.15, -0.1) is 11.8 Å². The Morgan fingerprint density at radius 3 is 2.61 bits per heavy atom. The van der Waals surface area contributed by atoms with Gasteiger partial charge in [-0.1, -0.05) is 48.6 Å². The van der Waals surface area contributed by atoms with Gasteiger partial charge in [0.25, 0.3) is 5.91 Å². The van der Waals surface area contributed by atoms with Crippen LogP contribution in [0.3, 0.4) is 0 Å². The van der Waals surface area contributed by atoms with Crippen molar-refractivity contribution >= 4 is 46.0 Å². The number of hydrogen-bond donors (Lipinski definition) is 1. The third-order valence-corrected chi connectivity index (χ3v) is 9.83. The molecule has 7 nitrogen and oxygen atoms in total. The largest absolute Gasteiger partial charge is 0.461 e. The third kappa shape index (κ3) is 3.13. The van der Waals surface area contributed by atoms with Gasteiger partial charge in [-0.05, 0) is 42.8 Å². The second-order valence-corrected chi connectivity index (χ2v) is 12.0. The van der Waals surface area contributed by atoms with Crippen LogP contribution < -0.4 is 4.90 Å². The lowest BCUT2D eigenvalue weighted by Gasteiger charge is -2.38. The minimum Gasteiger partial charge on any atom is -0.461 e. The summed E-state index contributed by atoms with van der Waals surface area (Å²) >= 11 is 1.50. The van der Waals surface area contributed by atoms with Crippen LogP contribution in [0.4, 0.5) is 5.69 Å². The highest BCUT2D eigenvalue weighted by molar-refractivity contribution is 8.02. The predicted octanol–water partition coefficient (Wildman–Crippen LogP) is 2.92. The number of amides is 2. The van der Waals surface area contributed by atoms with E-state index < -0.39 is 39.4 Å². The Morgan fingerprint density at radius 2 is 1.83 bits per heavy atom. The smallest absolute Gasteiger partial charge is 0.311 e. The van der Waals surface area contributed by atoms with Gasteiger partial charge in [0, 0.05) is 17.0 Å². The first kappa shape index (κ1) is 23.3. The second-order valence-electron chi connectivity index (χ2n) is 10.2. The highest BCUT2D eigenvalue weighted by atomic mass is 32.2. The number of aliphatic hydroxyl groups excluding tert-OH is 1. The zero-order valence-corrected chi connectivity index (χ0v) is 21.0. The molecular weight excluding hydrogens is 476 g/mol. The number of carbonyl (C=O) groups excluding carboxylic acids is 3. The maximum Gasteiger partial charge on any atom is 0.311 e. The Kier molecular flexibility index (Phi) is 5.32. The molecule has 6 atom stereocenters. The van der Waals surface area contributed by atoms with Crippen molar-refractivity contribution in [1.29, 1.82) is 0 Å². The summed E-state index contributed by atoms with van der Waals surface area (Å²) < 4.78 is 3.80. The quantitative estimate of drug-likeness (QED) is 0.511. The van der Waals surface area contributed by atoms with E-state index in [9.17, 15) is 19.5 Å². The van der Waals surface area contributed by atoms with Gasteiger partial charge in [-0.25, -0.2) is 0 Å². The summed E-state index contributed by atoms with van der Waals surface area (Å²) in [5, 5.41) is 12.1. The van der Waals surface area contributed by atoms with Gasteiger partial charge in [0.2, 0.25) is 5.91 Å². The zero-order valence-electron chi connectivity index (χ0n) is 20.2. The van der Waals surface area contributed by atoms with Gasteiger partial charge in [-0.2, -0.15) is 0 Å². The number of ether oxygens (including phenoxy) is 1. The molecule has 1 unspecified atom stereocenters. The molecule has 0 saturated carbocycles. The van der Waals surface area contributed by atoms with E-state index in [1.807, 2.05) is 73.7 Å². The summed E-state index contributed by atoms with van der Waals surface area (Å²) in [4.78, 5) is 44.8. The molecule has 2 fully saturated rings. The molecule has 4 aliphatic rings. The molecule has 0 aromatic heterocycles. The highest BCUT2D eigenvalue weighted by Gasteiger charge is 2.74. The van der Waals surface area contributed by atoms with E-state index in [0.29, 0.717) is 6.54 Å². The molecule has 36 heavy (non-hydrogen) atoms. The summed E-state index contributed by atoms with van der Waals surface area (Å²) in [6.45, 7) is 3.93. The lowest BCUT2D eigenvalue weighted by atomic mass is 9.75. The molecule has 2 amide bonds. The van der Waals surface area contributed by atoms with Crippen molar-refractivity contribution in [2.24, 2.45) is 11.8 Å². The predicted molar refractivity (Wildman–Crippen MR) is 138 cm³/mol. The maximum absolute atomic E-state index is 14.4. The fourth-order valence-electron chi connectivity index (χ4n) is 6.43. The van der Waals surface area contributed by atoms with E-state index in [2.05, 4.69) is 0 Å². The third-order valence-electron chi connectivity index (χ3n) is 8.03. The fraction of sp³-hybridized carbons (Fsp3) is 0.393. The molecule has 0 radical (unpaired) electrons. The van der Waals surface area contributed by atoms with Crippen LogP contribution in [0.25, 0.3) is 10.8 Å². The standard InChI is InChI=1S/C28H28N2O5S/c1-17(16-31)30-23-25(33)29(20-10-9-18-7-3-4-8-19(18)15-20)13-5-12-28(23)21(24(30)32)22-26(34)35-14-6-11-27(22,2)36-28/h3-12,15,17,21-23,31H,13-14,16H2,1-2H3/t17-,21+,22-,23?,27+,28+/m1/s1. The van der Waals surface area contributed by atoms with Gasteiger partial charge >= 0.3 is 5.97 Å². The molecule has 2 saturated heterocycles. The van der Waals surface area contributed by atoms with E-state index in [-0.39, 0.29) is 25.0 Å². The molecule has 2 aromatic rings. The topological polar surface area (TPSA) is 87.2 Å². The van der Waals surface area contributed by atoms with Gasteiger partial charge in [0.05, 0.1) is 29.2 Å². The Bertz CT molecular complexity index is 1340. The summed E-state index contributed by atoms with van der Waals surface area (Å²) in [6.07, 6.45) is 7.68. The van der Waals surface area contributed by atoms with Crippen LogP contribution in [0.1, 0.15) is 13.8 Å². The van der Waals surface area contributed by atoms with Gasteiger partial charge in [-0.3, -0.25) is 14.4 Å². The van der Waals surface area contributed by atoms with Crippen molar-refractivity contribution in [3.63, 3.8) is 0 Å². The molecule has 6 rings (SSSR count). The number of benzene rings is 2. The van der Waals surface area contributed by atoms with E-state index in [1.165, 1.54) is 16.7 Å². The first-order valence-electron chi connectivity index (χ1n) is 12.3. The molecule has 0 bridgehead atoms. The van der Waals surface area contributed by atoms with Crippen LogP contribution >= 0.6 is 11.8 Å². The maximum atomic E-state index is 14.4. The van der Waals surface area contributed by atoms with E-state index in [0.717, 1.165) is 16.5 Å². The molecule has 1 N–H and O–H groups in total. The Hall–Kier alpha value is -3.10. The van der Waals surface area contributed by atoms with E-state index >= 15 is 0 Å². The molecule has 1 spiro atoms. The monoisotopic (exact) mass is 504 g/mol. The zero-order chi connectivity index (χ0) is 25.2. The number of nitrogens with zero attached hydrogens (tertiary/aromatic N) is 2. The number of cyclic esters (lactones) is 1. The number of carbonyl (C=O) groups is 3. The molecule has 186 valence electrons. The summed E-state index contributed by atoms with van der Waals surface area (Å²) in [5.41, 5.74) is 0.746. The van der Waals surface area contributed by atoms with Crippen molar-refractivity contribution in [3.8, 4) is 0 Å². The first-order valence-corrected chi connectivity index (χ1v) is 13.1. The van der Waals surface area contributed by atoms with Gasteiger partial charge in [0.15, 0.2) is 0 Å². The van der Waals surface area contributed by atoms with Crippen molar-refractivity contribution in [1.82, 2.24) is 4.90 Å². The van der Waals surface area contributed by atoms with Crippen LogP contribution in [0.5, 0.6) is 0 Å². The molecule has 4 heterocycles. The van der Waals surface area contributed by atoms with Crippen LogP contribution in [-0.2, 0) is 19.1 Å². The number of rotatable bonds is 3. The summed E-state index contributed by atoms with van der Waals surface area (Å²) in [6, 6.07) is 12.4. The molecule has 8 heteroatoms. The molecule has 2 aromatic carbocycles. The average molecular weight is 505 g/mol. The number of fused-ring (bicyclic) bond motifs is 3. The molecular formula is C28H28N2O5S. The first-order chi connectivity index (χ1) is 17.3. The molecule has 0 aliphatic carbocycles. The number of aliphatic hydroxyl groups is 1. The summed E-state index contributed by atoms with van der Waals surface area (Å²) in [7, 11) is 0. The van der Waals surface area contributed by atoms with E-state index in [4.69, 9.17) is 4.74 Å². The Labute approximate surface area is 213 Å². The summed E-state index contributed by atoms with van der Waals surface area (Å²) in [5.74, 6) is -2.40. The van der Waals surface area contributed by atoms with Crippen LogP contribution in [0.2, 0.25) is 0 Å². The fourth-order valence-corrected chi connectivity index (χ4v) is 8.57. The minimum absolute atomic E-state index is 0.171. The lowest BCUT2D eigenvalue weighted by molar-refractivity contribution is -0.153. The highest BCUT2D eigenvalue weighted by Crippen LogP contribution is 2.65. The van der Waals surface area contributed by atoms with Gasteiger partial charge in [0.1, 0.15) is 12.6 Å². The second kappa shape index (κ2) is 8.21. The van der Waals surface area contributed by atoms with Crippen molar-refractivity contribution in [3.05, 3.63) is 66.8 Å². The van der Waals surface area contributed by atoms with Crippen LogP contribution in [-0.4, -0.2) is 69.1 Å². The SMILES string of the molecule is C[C@H](CO)N1C(=O)[C@@H]2[C@@H]3C(=O)OCC=C[C@]3(C)S[C@@]23C=CCN(c2ccc4ccccc4c2)C(=O)C13. The number of anilines is 1. The molecule has 4 aliphatic heterocycles. The van der Waals surface area contributed by atoms with Crippen molar-refractivity contribution < 1.29 is 24.2 Å². The minimum atomic E-state index is -0.955. The normalized spacial score (nSPS) is 34.2. The van der Waals surface area contributed by atoms with Crippen LogP contribution in [0.15, 0.2) is 66.8 Å². The van der Waals surface area contributed by atoms with Gasteiger partial charge < -0.3 is 19.6 Å². The Morgan fingerprint density at radius 1 is 1.06 bits per heavy atom. The Balaban J connectivity index is 1.50. The van der Waals surface area contributed by atoms with Crippen LogP contribution in [0, 0.1) is 11.8 Å². The number of hydrogen-bond acceptors (Lipinski definition) is 6. The average Bonchev–Trinajstić information content (AvgIpc) is 3.14. The lowest BCUT2D eigenvalue weighted by Crippen LogP contribution is -2.56. The number of likely N-dealkylation sites (tertiary alicyclic amines) is 1. The van der Waals surface area contributed by atoms with E-state index in [1.54, 1.807) is 11.8 Å². The number of esters is 1.